The third-order valence-electron chi connectivity index (χ3n) is 3.97. The number of carbonyl (C=O) groups excluding carboxylic acids is 2. The molecule has 0 unspecified atom stereocenters. The number of rotatable bonds is 5. The molecule has 2 aromatic rings. The van der Waals surface area contributed by atoms with Crippen LogP contribution in [0, 0.1) is 17.6 Å². The lowest BCUT2D eigenvalue weighted by atomic mass is 10.0. The summed E-state index contributed by atoms with van der Waals surface area (Å²) < 4.78 is 26.7. The van der Waals surface area contributed by atoms with Crippen molar-refractivity contribution >= 4 is 23.1 Å². The second-order valence-corrected chi connectivity index (χ2v) is 6.48. The monoisotopic (exact) mass is 356 g/mol. The first kappa shape index (κ1) is 17.8. The first-order valence-electron chi connectivity index (χ1n) is 8.26. The number of benzene rings is 2. The molecule has 0 fully saturated rings. The van der Waals surface area contributed by atoms with Gasteiger partial charge in [0, 0.05) is 18.3 Å². The molecule has 0 saturated heterocycles. The minimum Gasteiger partial charge on any atom is -0.350 e. The standard InChI is InChI=1S/C20H18F2N2O2/c1-12(2)11-24-19(25)17(13-6-4-3-5-7-13)18(20(24)26)23-14-8-9-15(21)16(22)10-14/h3-10,12,23H,11H2,1-2H3. The summed E-state index contributed by atoms with van der Waals surface area (Å²) in [7, 11) is 0. The SMILES string of the molecule is CC(C)CN1C(=O)C(Nc2ccc(F)c(F)c2)=C(c2ccccc2)C1=O. The second kappa shape index (κ2) is 7.07. The molecule has 1 aliphatic rings. The molecule has 134 valence electrons. The maximum atomic E-state index is 13.5. The molecule has 0 radical (unpaired) electrons. The van der Waals surface area contributed by atoms with Crippen molar-refractivity contribution in [3.63, 3.8) is 0 Å². The van der Waals surface area contributed by atoms with Gasteiger partial charge in [0.25, 0.3) is 11.8 Å². The summed E-state index contributed by atoms with van der Waals surface area (Å²) in [6.45, 7) is 4.09. The molecular formula is C20H18F2N2O2. The minimum absolute atomic E-state index is 0.0628. The Kier molecular flexibility index (Phi) is 4.84. The van der Waals surface area contributed by atoms with E-state index in [4.69, 9.17) is 0 Å². The van der Waals surface area contributed by atoms with Crippen LogP contribution in [0.4, 0.5) is 14.5 Å². The Morgan fingerprint density at radius 1 is 0.962 bits per heavy atom. The highest BCUT2D eigenvalue weighted by atomic mass is 19.2. The van der Waals surface area contributed by atoms with E-state index in [0.717, 1.165) is 12.1 Å². The summed E-state index contributed by atoms with van der Waals surface area (Å²) >= 11 is 0. The molecule has 6 heteroatoms. The molecule has 0 bridgehead atoms. The van der Waals surface area contributed by atoms with Crippen molar-refractivity contribution in [2.75, 3.05) is 11.9 Å². The fourth-order valence-corrected chi connectivity index (χ4v) is 2.81. The van der Waals surface area contributed by atoms with Crippen LogP contribution in [0.5, 0.6) is 0 Å². The van der Waals surface area contributed by atoms with Crippen LogP contribution < -0.4 is 5.32 Å². The van der Waals surface area contributed by atoms with E-state index in [2.05, 4.69) is 5.32 Å². The number of nitrogens with one attached hydrogen (secondary N) is 1. The number of halogens is 2. The predicted molar refractivity (Wildman–Crippen MR) is 94.9 cm³/mol. The Morgan fingerprint density at radius 3 is 2.27 bits per heavy atom. The van der Waals surface area contributed by atoms with Gasteiger partial charge in [0.1, 0.15) is 5.70 Å². The van der Waals surface area contributed by atoms with Gasteiger partial charge in [-0.05, 0) is 23.6 Å². The molecule has 1 heterocycles. The normalized spacial score (nSPS) is 14.6. The van der Waals surface area contributed by atoms with E-state index in [0.29, 0.717) is 5.56 Å². The molecule has 0 saturated carbocycles. The molecule has 0 atom stereocenters. The zero-order valence-electron chi connectivity index (χ0n) is 14.4. The summed E-state index contributed by atoms with van der Waals surface area (Å²) in [6.07, 6.45) is 0. The van der Waals surface area contributed by atoms with Crippen molar-refractivity contribution in [2.24, 2.45) is 5.92 Å². The van der Waals surface area contributed by atoms with Gasteiger partial charge in [-0.25, -0.2) is 8.78 Å². The van der Waals surface area contributed by atoms with Gasteiger partial charge in [-0.2, -0.15) is 0 Å². The van der Waals surface area contributed by atoms with Crippen molar-refractivity contribution in [1.82, 2.24) is 4.90 Å². The highest BCUT2D eigenvalue weighted by Gasteiger charge is 2.39. The average molecular weight is 356 g/mol. The fraction of sp³-hybridized carbons (Fsp3) is 0.200. The lowest BCUT2D eigenvalue weighted by Crippen LogP contribution is -2.35. The van der Waals surface area contributed by atoms with Gasteiger partial charge < -0.3 is 5.32 Å². The van der Waals surface area contributed by atoms with Gasteiger partial charge in [0.15, 0.2) is 11.6 Å². The maximum Gasteiger partial charge on any atom is 0.278 e. The van der Waals surface area contributed by atoms with Crippen LogP contribution in [0.2, 0.25) is 0 Å². The molecule has 0 aliphatic carbocycles. The number of imide groups is 1. The van der Waals surface area contributed by atoms with Crippen molar-refractivity contribution in [3.8, 4) is 0 Å². The summed E-state index contributed by atoms with van der Waals surface area (Å²) in [5, 5.41) is 2.80. The van der Waals surface area contributed by atoms with Crippen LogP contribution in [0.1, 0.15) is 19.4 Å². The van der Waals surface area contributed by atoms with Gasteiger partial charge in [-0.1, -0.05) is 44.2 Å². The second-order valence-electron chi connectivity index (χ2n) is 6.48. The van der Waals surface area contributed by atoms with E-state index in [9.17, 15) is 18.4 Å². The lowest BCUT2D eigenvalue weighted by Gasteiger charge is -2.17. The van der Waals surface area contributed by atoms with E-state index < -0.39 is 23.4 Å². The minimum atomic E-state index is -1.03. The van der Waals surface area contributed by atoms with E-state index >= 15 is 0 Å². The van der Waals surface area contributed by atoms with E-state index in [1.165, 1.54) is 11.0 Å². The first-order valence-corrected chi connectivity index (χ1v) is 8.26. The van der Waals surface area contributed by atoms with Crippen LogP contribution >= 0.6 is 0 Å². The van der Waals surface area contributed by atoms with Gasteiger partial charge in [-0.3, -0.25) is 14.5 Å². The van der Waals surface area contributed by atoms with Crippen molar-refractivity contribution in [2.45, 2.75) is 13.8 Å². The van der Waals surface area contributed by atoms with Crippen LogP contribution in [-0.2, 0) is 9.59 Å². The molecule has 0 spiro atoms. The van der Waals surface area contributed by atoms with Crippen molar-refractivity contribution in [3.05, 3.63) is 71.4 Å². The molecule has 3 rings (SSSR count). The summed E-state index contributed by atoms with van der Waals surface area (Å²) in [5.74, 6) is -2.80. The maximum absolute atomic E-state index is 13.5. The Labute approximate surface area is 150 Å². The van der Waals surface area contributed by atoms with E-state index in [-0.39, 0.29) is 29.4 Å². The molecular weight excluding hydrogens is 338 g/mol. The molecule has 2 amide bonds. The number of hydrogen-bond donors (Lipinski definition) is 1. The largest absolute Gasteiger partial charge is 0.350 e. The van der Waals surface area contributed by atoms with Crippen molar-refractivity contribution in [1.29, 1.82) is 0 Å². The zero-order valence-corrected chi connectivity index (χ0v) is 14.4. The summed E-state index contributed by atoms with van der Waals surface area (Å²) in [5.41, 5.74) is 1.07. The molecule has 1 N–H and O–H groups in total. The Balaban J connectivity index is 2.05. The lowest BCUT2D eigenvalue weighted by molar-refractivity contribution is -0.137. The number of nitrogens with zero attached hydrogens (tertiary/aromatic N) is 1. The number of carbonyl (C=O) groups is 2. The summed E-state index contributed by atoms with van der Waals surface area (Å²) in [4.78, 5) is 26.8. The van der Waals surface area contributed by atoms with Crippen LogP contribution in [-0.4, -0.2) is 23.3 Å². The number of hydrogen-bond acceptors (Lipinski definition) is 3. The summed E-state index contributed by atoms with van der Waals surface area (Å²) in [6, 6.07) is 12.0. The highest BCUT2D eigenvalue weighted by molar-refractivity contribution is 6.36. The van der Waals surface area contributed by atoms with Gasteiger partial charge in [-0.15, -0.1) is 0 Å². The topological polar surface area (TPSA) is 49.4 Å². The third kappa shape index (κ3) is 3.35. The molecule has 2 aromatic carbocycles. The van der Waals surface area contributed by atoms with Crippen LogP contribution in [0.15, 0.2) is 54.2 Å². The average Bonchev–Trinajstić information content (AvgIpc) is 2.83. The van der Waals surface area contributed by atoms with Crippen molar-refractivity contribution < 1.29 is 18.4 Å². The quantitative estimate of drug-likeness (QED) is 0.829. The fourth-order valence-electron chi connectivity index (χ4n) is 2.81. The molecule has 1 aliphatic heterocycles. The van der Waals surface area contributed by atoms with E-state index in [1.807, 2.05) is 13.8 Å². The van der Waals surface area contributed by atoms with Gasteiger partial charge >= 0.3 is 0 Å². The predicted octanol–water partition coefficient (Wildman–Crippen LogP) is 3.81. The van der Waals surface area contributed by atoms with E-state index in [1.54, 1.807) is 30.3 Å². The Hall–Kier alpha value is -3.02. The third-order valence-corrected chi connectivity index (χ3v) is 3.97. The smallest absolute Gasteiger partial charge is 0.278 e. The van der Waals surface area contributed by atoms with Gasteiger partial charge in [0.05, 0.1) is 5.57 Å². The molecule has 26 heavy (non-hydrogen) atoms. The Bertz CT molecular complexity index is 892. The highest BCUT2D eigenvalue weighted by Crippen LogP contribution is 2.31. The Morgan fingerprint density at radius 2 is 1.65 bits per heavy atom. The number of amides is 2. The van der Waals surface area contributed by atoms with Crippen LogP contribution in [0.3, 0.4) is 0 Å². The molecule has 4 nitrogen and oxygen atoms in total. The zero-order chi connectivity index (χ0) is 18.8. The van der Waals surface area contributed by atoms with Gasteiger partial charge in [0.2, 0.25) is 0 Å². The molecule has 0 aromatic heterocycles. The first-order chi connectivity index (χ1) is 12.4. The number of anilines is 1. The van der Waals surface area contributed by atoms with Crippen LogP contribution in [0.25, 0.3) is 5.57 Å².